The first-order valence-electron chi connectivity index (χ1n) is 5.88. The van der Waals surface area contributed by atoms with Gasteiger partial charge in [0.1, 0.15) is 17.4 Å². The van der Waals surface area contributed by atoms with Crippen molar-refractivity contribution in [2.45, 2.75) is 13.8 Å². The first-order chi connectivity index (χ1) is 9.93. The predicted molar refractivity (Wildman–Crippen MR) is 74.7 cm³/mol. The van der Waals surface area contributed by atoms with E-state index in [-0.39, 0.29) is 27.8 Å². The maximum Gasteiger partial charge on any atom is 0.335 e. The lowest BCUT2D eigenvalue weighted by molar-refractivity contribution is 0.0697. The second kappa shape index (κ2) is 5.77. The summed E-state index contributed by atoms with van der Waals surface area (Å²) in [6.45, 7) is 3.48. The van der Waals surface area contributed by atoms with Gasteiger partial charge in [0.05, 0.1) is 16.3 Å². The largest absolute Gasteiger partial charge is 0.478 e. The van der Waals surface area contributed by atoms with Crippen LogP contribution in [0.2, 0.25) is 5.02 Å². The number of carbonyl (C=O) groups is 1. The van der Waals surface area contributed by atoms with Crippen molar-refractivity contribution >= 4 is 17.6 Å². The van der Waals surface area contributed by atoms with Gasteiger partial charge >= 0.3 is 5.97 Å². The van der Waals surface area contributed by atoms with Crippen molar-refractivity contribution in [2.75, 3.05) is 0 Å². The zero-order valence-corrected chi connectivity index (χ0v) is 12.0. The van der Waals surface area contributed by atoms with E-state index in [1.165, 1.54) is 18.2 Å². The summed E-state index contributed by atoms with van der Waals surface area (Å²) in [5.41, 5.74) is 1.60. The number of carboxylic acid groups (broad SMARTS) is 1. The maximum absolute atomic E-state index is 10.8. The number of hydrogen-bond donors (Lipinski definition) is 1. The minimum Gasteiger partial charge on any atom is -0.478 e. The molecule has 0 aliphatic heterocycles. The third kappa shape index (κ3) is 2.93. The van der Waals surface area contributed by atoms with Crippen molar-refractivity contribution in [3.8, 4) is 17.7 Å². The van der Waals surface area contributed by atoms with Crippen LogP contribution in [0.3, 0.4) is 0 Å². The van der Waals surface area contributed by atoms with E-state index >= 15 is 0 Å². The Labute approximate surface area is 125 Å². The molecule has 0 saturated heterocycles. The molecule has 0 aliphatic carbocycles. The van der Waals surface area contributed by atoms with Gasteiger partial charge in [-0.2, -0.15) is 10.4 Å². The lowest BCUT2D eigenvalue weighted by Crippen LogP contribution is -2.01. The highest BCUT2D eigenvalue weighted by atomic mass is 35.5. The van der Waals surface area contributed by atoms with E-state index in [0.717, 1.165) is 0 Å². The Kier molecular flexibility index (Phi) is 4.05. The second-order valence-corrected chi connectivity index (χ2v) is 4.66. The highest BCUT2D eigenvalue weighted by Gasteiger charge is 2.15. The molecule has 0 radical (unpaired) electrons. The van der Waals surface area contributed by atoms with Crippen molar-refractivity contribution in [2.24, 2.45) is 0 Å². The van der Waals surface area contributed by atoms with Crippen LogP contribution in [-0.4, -0.2) is 21.3 Å². The minimum absolute atomic E-state index is 0.0329. The Morgan fingerprint density at radius 2 is 2.10 bits per heavy atom. The normalized spacial score (nSPS) is 10.0. The molecule has 0 saturated carbocycles. The summed E-state index contributed by atoms with van der Waals surface area (Å²) in [6, 6.07) is 6.03. The molecule has 0 aliphatic rings. The van der Waals surface area contributed by atoms with Gasteiger partial charge in [-0.3, -0.25) is 0 Å². The van der Waals surface area contributed by atoms with E-state index in [2.05, 4.69) is 10.2 Å². The first-order valence-corrected chi connectivity index (χ1v) is 6.26. The average Bonchev–Trinajstić information content (AvgIpc) is 2.45. The van der Waals surface area contributed by atoms with Crippen molar-refractivity contribution < 1.29 is 14.6 Å². The number of ether oxygens (including phenoxy) is 1. The molecule has 2 aromatic rings. The molecule has 0 atom stereocenters. The number of rotatable bonds is 3. The van der Waals surface area contributed by atoms with Crippen LogP contribution in [-0.2, 0) is 0 Å². The lowest BCUT2D eigenvalue weighted by atomic mass is 10.1. The van der Waals surface area contributed by atoms with Gasteiger partial charge < -0.3 is 9.84 Å². The Bertz CT molecular complexity index is 769. The molecule has 21 heavy (non-hydrogen) atoms. The third-order valence-corrected chi connectivity index (χ3v) is 3.22. The van der Waals surface area contributed by atoms with Crippen LogP contribution in [0, 0.1) is 25.2 Å². The fourth-order valence-electron chi connectivity index (χ4n) is 1.61. The molecule has 0 amide bonds. The highest BCUT2D eigenvalue weighted by Crippen LogP contribution is 2.31. The van der Waals surface area contributed by atoms with Crippen LogP contribution < -0.4 is 4.74 Å². The van der Waals surface area contributed by atoms with Gasteiger partial charge in [-0.1, -0.05) is 11.6 Å². The Balaban J connectivity index is 2.42. The fraction of sp³-hybridized carbons (Fsp3) is 0.143. The number of aromatic carboxylic acids is 1. The minimum atomic E-state index is -1.09. The molecule has 1 aromatic carbocycles. The van der Waals surface area contributed by atoms with Crippen LogP contribution in [0.4, 0.5) is 0 Å². The molecule has 0 fully saturated rings. The van der Waals surface area contributed by atoms with Crippen LogP contribution in [0.1, 0.15) is 27.2 Å². The van der Waals surface area contributed by atoms with Gasteiger partial charge in [0.2, 0.25) is 0 Å². The predicted octanol–water partition coefficient (Wildman–Crippen LogP) is 3.11. The van der Waals surface area contributed by atoms with Gasteiger partial charge in [0.15, 0.2) is 0 Å². The Morgan fingerprint density at radius 3 is 2.67 bits per heavy atom. The highest BCUT2D eigenvalue weighted by molar-refractivity contribution is 6.32. The van der Waals surface area contributed by atoms with Crippen LogP contribution >= 0.6 is 11.6 Å². The molecule has 7 heteroatoms. The van der Waals surface area contributed by atoms with E-state index in [9.17, 15) is 10.1 Å². The SMILES string of the molecule is Cc1nnc(Oc2ccc(C(=O)O)cc2Cl)c(C#N)c1C. The number of nitrogens with zero attached hydrogens (tertiary/aromatic N) is 3. The zero-order chi connectivity index (χ0) is 15.6. The van der Waals surface area contributed by atoms with Crippen molar-refractivity contribution in [1.82, 2.24) is 10.2 Å². The average molecular weight is 304 g/mol. The summed E-state index contributed by atoms with van der Waals surface area (Å²) in [6.07, 6.45) is 0. The molecule has 1 heterocycles. The molecule has 0 bridgehead atoms. The van der Waals surface area contributed by atoms with Crippen LogP contribution in [0.25, 0.3) is 0 Å². The molecule has 1 aromatic heterocycles. The number of benzene rings is 1. The quantitative estimate of drug-likeness (QED) is 0.935. The molecule has 1 N–H and O–H groups in total. The summed E-state index contributed by atoms with van der Waals surface area (Å²) >= 11 is 5.97. The van der Waals surface area contributed by atoms with Crippen molar-refractivity contribution in [3.05, 3.63) is 45.6 Å². The monoisotopic (exact) mass is 303 g/mol. The van der Waals surface area contributed by atoms with Gasteiger partial charge in [-0.25, -0.2) is 4.79 Å². The summed E-state index contributed by atoms with van der Waals surface area (Å²) in [4.78, 5) is 10.8. The molecular weight excluding hydrogens is 294 g/mol. The van der Waals surface area contributed by atoms with E-state index in [4.69, 9.17) is 21.4 Å². The fourth-order valence-corrected chi connectivity index (χ4v) is 1.83. The molecule has 0 unspecified atom stereocenters. The number of halogens is 1. The maximum atomic E-state index is 10.8. The number of carboxylic acids is 1. The molecular formula is C14H10ClN3O3. The summed E-state index contributed by atoms with van der Waals surface area (Å²) in [5, 5.41) is 25.9. The van der Waals surface area contributed by atoms with Gasteiger partial charge in [-0.15, -0.1) is 5.10 Å². The Morgan fingerprint density at radius 1 is 1.38 bits per heavy atom. The molecule has 6 nitrogen and oxygen atoms in total. The topological polar surface area (TPSA) is 96.1 Å². The second-order valence-electron chi connectivity index (χ2n) is 4.25. The van der Waals surface area contributed by atoms with Crippen molar-refractivity contribution in [3.63, 3.8) is 0 Å². The van der Waals surface area contributed by atoms with Crippen molar-refractivity contribution in [1.29, 1.82) is 5.26 Å². The molecule has 2 rings (SSSR count). The van der Waals surface area contributed by atoms with E-state index in [0.29, 0.717) is 11.3 Å². The Hall–Kier alpha value is -2.65. The number of nitriles is 1. The van der Waals surface area contributed by atoms with E-state index in [1.807, 2.05) is 6.07 Å². The van der Waals surface area contributed by atoms with E-state index < -0.39 is 5.97 Å². The van der Waals surface area contributed by atoms with Gasteiger partial charge in [0, 0.05) is 0 Å². The first kappa shape index (κ1) is 14.8. The van der Waals surface area contributed by atoms with Crippen LogP contribution in [0.15, 0.2) is 18.2 Å². The number of aromatic nitrogens is 2. The third-order valence-electron chi connectivity index (χ3n) is 2.92. The number of aryl methyl sites for hydroxylation is 1. The molecule has 106 valence electrons. The van der Waals surface area contributed by atoms with Gasteiger partial charge in [0.25, 0.3) is 5.88 Å². The standard InChI is InChI=1S/C14H10ClN3O3/c1-7-8(2)17-18-13(10(7)6-16)21-12-4-3-9(14(19)20)5-11(12)15/h3-5H,1-2H3,(H,19,20). The summed E-state index contributed by atoms with van der Waals surface area (Å²) < 4.78 is 5.48. The smallest absolute Gasteiger partial charge is 0.335 e. The van der Waals surface area contributed by atoms with Crippen LogP contribution in [0.5, 0.6) is 11.6 Å². The van der Waals surface area contributed by atoms with Gasteiger partial charge in [-0.05, 0) is 37.6 Å². The summed E-state index contributed by atoms with van der Waals surface area (Å²) in [7, 11) is 0. The zero-order valence-electron chi connectivity index (χ0n) is 11.2. The number of hydrogen-bond acceptors (Lipinski definition) is 5. The van der Waals surface area contributed by atoms with E-state index in [1.54, 1.807) is 13.8 Å². The lowest BCUT2D eigenvalue weighted by Gasteiger charge is -2.10. The molecule has 0 spiro atoms. The summed E-state index contributed by atoms with van der Waals surface area (Å²) in [5.74, 6) is -0.853.